The van der Waals surface area contributed by atoms with E-state index in [2.05, 4.69) is 20.6 Å². The zero-order valence-electron chi connectivity index (χ0n) is 18.8. The van der Waals surface area contributed by atoms with Crippen LogP contribution in [0, 0.1) is 17.5 Å². The van der Waals surface area contributed by atoms with Gasteiger partial charge in [-0.1, -0.05) is 11.3 Å². The SMILES string of the molecule is OC[C@H]1O[C@]2(OCC[C@H]2NCc2cccnc2)[C@H](O)[C@@H](n2cc(-c3cc(F)c(F)c(F)c3)nn2)[C@H]1O. The molecule has 0 aliphatic carbocycles. The number of hydrogen-bond donors (Lipinski definition) is 4. The summed E-state index contributed by atoms with van der Waals surface area (Å²) in [7, 11) is 0. The number of nitrogens with one attached hydrogen (secondary N) is 1. The molecule has 3 aromatic rings. The Morgan fingerprint density at radius 2 is 1.97 bits per heavy atom. The van der Waals surface area contributed by atoms with Crippen LogP contribution in [0.2, 0.25) is 0 Å². The minimum absolute atomic E-state index is 0.0214. The third-order valence-electron chi connectivity index (χ3n) is 6.57. The third-order valence-corrected chi connectivity index (χ3v) is 6.57. The van der Waals surface area contributed by atoms with Crippen LogP contribution >= 0.6 is 0 Å². The summed E-state index contributed by atoms with van der Waals surface area (Å²) in [6.07, 6.45) is 0.993. The van der Waals surface area contributed by atoms with Crippen LogP contribution in [0.3, 0.4) is 0 Å². The van der Waals surface area contributed by atoms with Gasteiger partial charge in [0.05, 0.1) is 25.5 Å². The number of hydrogen-bond acceptors (Lipinski definition) is 9. The maximum Gasteiger partial charge on any atom is 0.213 e. The number of aliphatic hydroxyl groups excluding tert-OH is 3. The lowest BCUT2D eigenvalue weighted by Gasteiger charge is -2.49. The normalized spacial score (nSPS) is 30.2. The van der Waals surface area contributed by atoms with Crippen molar-refractivity contribution in [2.75, 3.05) is 13.2 Å². The van der Waals surface area contributed by atoms with Crippen molar-refractivity contribution in [3.8, 4) is 11.3 Å². The number of aliphatic hydroxyl groups is 3. The van der Waals surface area contributed by atoms with Gasteiger partial charge in [-0.25, -0.2) is 17.9 Å². The van der Waals surface area contributed by atoms with Gasteiger partial charge in [-0.3, -0.25) is 4.98 Å². The van der Waals surface area contributed by atoms with Crippen LogP contribution < -0.4 is 5.32 Å². The molecule has 10 nitrogen and oxygen atoms in total. The highest BCUT2D eigenvalue weighted by molar-refractivity contribution is 5.58. The predicted molar refractivity (Wildman–Crippen MR) is 117 cm³/mol. The van der Waals surface area contributed by atoms with Crippen LogP contribution in [-0.4, -0.2) is 78.7 Å². The van der Waals surface area contributed by atoms with Crippen LogP contribution in [0.15, 0.2) is 42.9 Å². The molecule has 0 radical (unpaired) electrons. The summed E-state index contributed by atoms with van der Waals surface area (Å²) >= 11 is 0. The van der Waals surface area contributed by atoms with Gasteiger partial charge in [0.25, 0.3) is 0 Å². The van der Waals surface area contributed by atoms with Crippen LogP contribution in [-0.2, 0) is 16.0 Å². The summed E-state index contributed by atoms with van der Waals surface area (Å²) < 4.78 is 53.8. The van der Waals surface area contributed by atoms with Crippen molar-refractivity contribution < 1.29 is 38.0 Å². The van der Waals surface area contributed by atoms with Gasteiger partial charge in [0, 0.05) is 24.5 Å². The number of aromatic nitrogens is 4. The molecule has 5 rings (SSSR count). The third kappa shape index (κ3) is 4.27. The van der Waals surface area contributed by atoms with Gasteiger partial charge < -0.3 is 30.1 Å². The quantitative estimate of drug-likeness (QED) is 0.356. The average molecular weight is 507 g/mol. The Hall–Kier alpha value is -2.94. The van der Waals surface area contributed by atoms with Crippen molar-refractivity contribution in [2.45, 2.75) is 49.1 Å². The molecule has 4 N–H and O–H groups in total. The number of nitrogens with zero attached hydrogens (tertiary/aromatic N) is 4. The molecule has 2 aromatic heterocycles. The minimum Gasteiger partial charge on any atom is -0.394 e. The Balaban J connectivity index is 1.45. The van der Waals surface area contributed by atoms with Gasteiger partial charge in [0.15, 0.2) is 17.5 Å². The second kappa shape index (κ2) is 9.84. The maximum absolute atomic E-state index is 13.7. The van der Waals surface area contributed by atoms with Crippen LogP contribution in [0.1, 0.15) is 18.0 Å². The highest BCUT2D eigenvalue weighted by atomic mass is 19.2. The predicted octanol–water partition coefficient (Wildman–Crippen LogP) is 0.686. The molecule has 13 heteroatoms. The fourth-order valence-corrected chi connectivity index (χ4v) is 4.76. The van der Waals surface area contributed by atoms with Crippen molar-refractivity contribution in [3.05, 3.63) is 65.9 Å². The number of rotatable bonds is 6. The Morgan fingerprint density at radius 3 is 2.67 bits per heavy atom. The van der Waals surface area contributed by atoms with Gasteiger partial charge in [-0.05, 0) is 30.2 Å². The van der Waals surface area contributed by atoms with Crippen LogP contribution in [0.4, 0.5) is 13.2 Å². The first-order chi connectivity index (χ1) is 17.3. The lowest BCUT2D eigenvalue weighted by atomic mass is 9.86. The second-order valence-corrected chi connectivity index (χ2v) is 8.76. The molecule has 2 fully saturated rings. The zero-order valence-corrected chi connectivity index (χ0v) is 18.8. The van der Waals surface area contributed by atoms with Crippen molar-refractivity contribution >= 4 is 0 Å². The first-order valence-corrected chi connectivity index (χ1v) is 11.3. The lowest BCUT2D eigenvalue weighted by Crippen LogP contribution is -2.68. The average Bonchev–Trinajstić information content (AvgIpc) is 3.52. The Kier molecular flexibility index (Phi) is 6.76. The molecule has 1 aromatic carbocycles. The molecule has 0 unspecified atom stereocenters. The van der Waals surface area contributed by atoms with E-state index in [-0.39, 0.29) is 17.9 Å². The summed E-state index contributed by atoms with van der Waals surface area (Å²) in [5.74, 6) is -6.05. The van der Waals surface area contributed by atoms with Gasteiger partial charge in [-0.15, -0.1) is 5.10 Å². The number of benzene rings is 1. The molecule has 6 atom stereocenters. The number of pyridine rings is 1. The van der Waals surface area contributed by atoms with E-state index in [0.717, 1.165) is 22.4 Å². The van der Waals surface area contributed by atoms with E-state index >= 15 is 0 Å². The van der Waals surface area contributed by atoms with E-state index in [0.29, 0.717) is 13.0 Å². The van der Waals surface area contributed by atoms with E-state index in [9.17, 15) is 28.5 Å². The van der Waals surface area contributed by atoms with Crippen molar-refractivity contribution in [1.29, 1.82) is 0 Å². The van der Waals surface area contributed by atoms with Crippen LogP contribution in [0.5, 0.6) is 0 Å². The smallest absolute Gasteiger partial charge is 0.213 e. The first-order valence-electron chi connectivity index (χ1n) is 11.3. The largest absolute Gasteiger partial charge is 0.394 e. The first kappa shape index (κ1) is 24.7. The molecule has 0 bridgehead atoms. The fourth-order valence-electron chi connectivity index (χ4n) is 4.76. The fraction of sp³-hybridized carbons (Fsp3) is 0.435. The zero-order chi connectivity index (χ0) is 25.4. The molecule has 2 aliphatic rings. The van der Waals surface area contributed by atoms with E-state index in [1.165, 1.54) is 6.20 Å². The Bertz CT molecular complexity index is 1190. The lowest BCUT2D eigenvalue weighted by molar-refractivity contribution is -0.345. The summed E-state index contributed by atoms with van der Waals surface area (Å²) in [6, 6.07) is 3.47. The van der Waals surface area contributed by atoms with Gasteiger partial charge >= 0.3 is 0 Å². The molecule has 2 saturated heterocycles. The molecule has 4 heterocycles. The summed E-state index contributed by atoms with van der Waals surface area (Å²) in [5.41, 5.74) is 0.780. The van der Waals surface area contributed by atoms with Gasteiger partial charge in [0.2, 0.25) is 5.79 Å². The number of halogens is 3. The molecule has 1 spiro atoms. The topological polar surface area (TPSA) is 135 Å². The minimum atomic E-state index is -1.64. The van der Waals surface area contributed by atoms with Crippen molar-refractivity contribution in [1.82, 2.24) is 25.3 Å². The van der Waals surface area contributed by atoms with Crippen molar-refractivity contribution in [2.24, 2.45) is 0 Å². The van der Waals surface area contributed by atoms with Gasteiger partial charge in [-0.2, -0.15) is 0 Å². The van der Waals surface area contributed by atoms with E-state index in [1.54, 1.807) is 18.5 Å². The van der Waals surface area contributed by atoms with Crippen LogP contribution in [0.25, 0.3) is 11.3 Å². The second-order valence-electron chi connectivity index (χ2n) is 8.76. The molecule has 192 valence electrons. The monoisotopic (exact) mass is 507 g/mol. The van der Waals surface area contributed by atoms with Gasteiger partial charge in [0.1, 0.15) is 30.0 Å². The molecule has 0 saturated carbocycles. The van der Waals surface area contributed by atoms with E-state index in [1.807, 2.05) is 6.07 Å². The Morgan fingerprint density at radius 1 is 1.19 bits per heavy atom. The maximum atomic E-state index is 13.7. The Labute approximate surface area is 203 Å². The van der Waals surface area contributed by atoms with Crippen molar-refractivity contribution in [3.63, 3.8) is 0 Å². The van der Waals surface area contributed by atoms with E-state index in [4.69, 9.17) is 9.47 Å². The summed E-state index contributed by atoms with van der Waals surface area (Å²) in [6.45, 7) is 0.0477. The molecule has 2 aliphatic heterocycles. The number of ether oxygens (including phenoxy) is 2. The molecule has 36 heavy (non-hydrogen) atoms. The highest BCUT2D eigenvalue weighted by Gasteiger charge is 2.61. The molecular weight excluding hydrogens is 483 g/mol. The summed E-state index contributed by atoms with van der Waals surface area (Å²) in [5, 5.41) is 43.3. The molecular formula is C23H24F3N5O5. The highest BCUT2D eigenvalue weighted by Crippen LogP contribution is 2.43. The summed E-state index contributed by atoms with van der Waals surface area (Å²) in [4.78, 5) is 4.07. The standard InChI is InChI=1S/C23H24F3N5O5/c24-14-6-13(7-15(25)19(14)26)16-10-31(30-29-16)20-21(33)17(11-32)36-23(22(20)34)18(3-5-35-23)28-9-12-2-1-4-27-8-12/h1-2,4,6-8,10,17-18,20-22,28,32-34H,3,5,9,11H2/t17-,18-,20+,21+,22-,23+/m1/s1. The molecule has 0 amide bonds. The van der Waals surface area contributed by atoms with E-state index < -0.39 is 60.2 Å².